The Bertz CT molecular complexity index is 1960. The van der Waals surface area contributed by atoms with Gasteiger partial charge in [-0.15, -0.1) is 0 Å². The van der Waals surface area contributed by atoms with Crippen LogP contribution in [0.2, 0.25) is 0 Å². The number of Topliss-reactive ketones (excluding diaryl/α,β-unsaturated/α-hetero) is 1. The number of carbonyl (C=O) groups is 3. The average Bonchev–Trinajstić information content (AvgIpc) is 3.48. The lowest BCUT2D eigenvalue weighted by molar-refractivity contribution is -0.149. The number of esters is 1. The van der Waals surface area contributed by atoms with E-state index in [-0.39, 0.29) is 42.2 Å². The lowest BCUT2D eigenvalue weighted by Gasteiger charge is -2.27. The maximum Gasteiger partial charge on any atom is 0.323 e. The summed E-state index contributed by atoms with van der Waals surface area (Å²) >= 11 is 0. The smallest absolute Gasteiger partial charge is 0.323 e. The van der Waals surface area contributed by atoms with Crippen molar-refractivity contribution < 1.29 is 23.9 Å². The molecule has 0 spiro atoms. The fourth-order valence-corrected chi connectivity index (χ4v) is 7.71. The van der Waals surface area contributed by atoms with Gasteiger partial charge in [-0.2, -0.15) is 0 Å². The van der Waals surface area contributed by atoms with Crippen molar-refractivity contribution in [1.29, 1.82) is 0 Å². The SMILES string of the molecule is CCn1c(-c2cccnc2[C@H](C)OC)c2c3cc(ccc31)-c1cccc(c1)C[C@H](NC(=O)[C@@H](C)C(C)C)C(=O)CCCCC[C@H](NC)C(=O)OCC(C)(C)C2. The van der Waals surface area contributed by atoms with E-state index >= 15 is 0 Å². The first kappa shape index (κ1) is 41.8. The zero-order chi connectivity index (χ0) is 39.9. The number of hydrogen-bond acceptors (Lipinski definition) is 7. The van der Waals surface area contributed by atoms with Crippen molar-refractivity contribution in [3.8, 4) is 22.4 Å². The van der Waals surface area contributed by atoms with Gasteiger partial charge in [0.05, 0.1) is 30.1 Å². The molecule has 4 aromatic rings. The highest BCUT2D eigenvalue weighted by molar-refractivity contribution is 5.95. The lowest BCUT2D eigenvalue weighted by atomic mass is 9.84. The van der Waals surface area contributed by atoms with Gasteiger partial charge in [0.2, 0.25) is 5.91 Å². The molecule has 9 nitrogen and oxygen atoms in total. The largest absolute Gasteiger partial charge is 0.464 e. The Morgan fingerprint density at radius 2 is 1.76 bits per heavy atom. The Balaban J connectivity index is 1.67. The van der Waals surface area contributed by atoms with Gasteiger partial charge in [-0.3, -0.25) is 19.4 Å². The Morgan fingerprint density at radius 1 is 1.00 bits per heavy atom. The van der Waals surface area contributed by atoms with Gasteiger partial charge in [0.1, 0.15) is 6.04 Å². The number of aromatic nitrogens is 2. The number of carbonyl (C=O) groups excluding carboxylic acids is 3. The molecule has 2 aromatic heterocycles. The van der Waals surface area contributed by atoms with Gasteiger partial charge < -0.3 is 24.7 Å². The first-order valence-corrected chi connectivity index (χ1v) is 20.2. The van der Waals surface area contributed by atoms with Crippen LogP contribution in [0.1, 0.15) is 103 Å². The maximum absolute atomic E-state index is 13.8. The Labute approximate surface area is 328 Å². The molecule has 5 rings (SSSR count). The zero-order valence-electron chi connectivity index (χ0n) is 34.5. The van der Waals surface area contributed by atoms with E-state index in [2.05, 4.69) is 72.4 Å². The fourth-order valence-electron chi connectivity index (χ4n) is 7.71. The minimum atomic E-state index is -0.626. The number of rotatable bonds is 8. The second kappa shape index (κ2) is 18.5. The molecule has 1 aliphatic rings. The van der Waals surface area contributed by atoms with Crippen LogP contribution in [-0.4, -0.2) is 60.1 Å². The number of benzene rings is 2. The van der Waals surface area contributed by atoms with Crippen LogP contribution in [0.15, 0.2) is 60.8 Å². The summed E-state index contributed by atoms with van der Waals surface area (Å²) in [5, 5.41) is 7.40. The molecule has 0 radical (unpaired) electrons. The third-order valence-corrected chi connectivity index (χ3v) is 11.4. The van der Waals surface area contributed by atoms with Gasteiger partial charge in [0.25, 0.3) is 0 Å². The first-order chi connectivity index (χ1) is 26.3. The van der Waals surface area contributed by atoms with Crippen molar-refractivity contribution in [1.82, 2.24) is 20.2 Å². The van der Waals surface area contributed by atoms with Crippen LogP contribution in [0, 0.1) is 17.3 Å². The van der Waals surface area contributed by atoms with Gasteiger partial charge in [0.15, 0.2) is 5.78 Å². The number of nitrogens with zero attached hydrogens (tertiary/aromatic N) is 2. The number of methoxy groups -OCH3 is 1. The lowest BCUT2D eigenvalue weighted by Crippen LogP contribution is -2.45. The van der Waals surface area contributed by atoms with Gasteiger partial charge >= 0.3 is 5.97 Å². The van der Waals surface area contributed by atoms with E-state index in [0.29, 0.717) is 32.1 Å². The van der Waals surface area contributed by atoms with Crippen molar-refractivity contribution >= 4 is 28.6 Å². The molecule has 2 aromatic carbocycles. The molecule has 1 amide bonds. The van der Waals surface area contributed by atoms with Crippen LogP contribution in [0.5, 0.6) is 0 Å². The number of aryl methyl sites for hydroxylation is 1. The molecule has 4 atom stereocenters. The van der Waals surface area contributed by atoms with Crippen LogP contribution in [-0.2, 0) is 43.2 Å². The second-order valence-electron chi connectivity index (χ2n) is 16.5. The van der Waals surface area contributed by atoms with Crippen LogP contribution in [0.25, 0.3) is 33.3 Å². The molecule has 0 unspecified atom stereocenters. The quantitative estimate of drug-likeness (QED) is 0.174. The minimum absolute atomic E-state index is 0.0319. The van der Waals surface area contributed by atoms with E-state index in [1.807, 2.05) is 52.1 Å². The molecule has 9 heteroatoms. The van der Waals surface area contributed by atoms with Gasteiger partial charge in [0, 0.05) is 54.1 Å². The number of hydrogen-bond donors (Lipinski definition) is 2. The molecular weight excluding hydrogens is 689 g/mol. The zero-order valence-corrected chi connectivity index (χ0v) is 34.5. The summed E-state index contributed by atoms with van der Waals surface area (Å²) in [6, 6.07) is 18.0. The summed E-state index contributed by atoms with van der Waals surface area (Å²) in [5.74, 6) is -0.387. The number of fused-ring (bicyclic) bond motifs is 4. The third-order valence-electron chi connectivity index (χ3n) is 11.4. The number of likely N-dealkylation sites (N-methyl/N-ethyl adjacent to an activating group) is 1. The summed E-state index contributed by atoms with van der Waals surface area (Å²) in [6.07, 6.45) is 5.89. The van der Waals surface area contributed by atoms with Crippen molar-refractivity contribution in [3.05, 3.63) is 77.6 Å². The first-order valence-electron chi connectivity index (χ1n) is 20.2. The second-order valence-corrected chi connectivity index (χ2v) is 16.5. The van der Waals surface area contributed by atoms with E-state index in [9.17, 15) is 14.4 Å². The Morgan fingerprint density at radius 3 is 2.47 bits per heavy atom. The average molecular weight is 751 g/mol. The third kappa shape index (κ3) is 9.92. The number of ketones is 1. The number of nitrogens with one attached hydrogen (secondary N) is 2. The van der Waals surface area contributed by atoms with Crippen molar-refractivity contribution in [2.75, 3.05) is 20.8 Å². The highest BCUT2D eigenvalue weighted by Gasteiger charge is 2.31. The number of cyclic esters (lactones) is 1. The highest BCUT2D eigenvalue weighted by atomic mass is 16.5. The standard InChI is InChI=1S/C46H62N4O5/c1-10-50-40-22-21-34-26-36(40)37(43(50)35-18-15-23-48-42(35)31(5)54-9)27-46(6,7)28-55-45(53)38(47-8)19-12-11-13-20-41(51)39(49-44(52)30(4)29(2)3)25-32-16-14-17-33(34)24-32/h14-18,21-24,26,29-31,38-39,47H,10-13,19-20,25,27-28H2,1-9H3,(H,49,52)/t30-,31-,38-,39-/m0/s1. The topological polar surface area (TPSA) is 112 Å². The minimum Gasteiger partial charge on any atom is -0.464 e. The number of amides is 1. The predicted octanol–water partition coefficient (Wildman–Crippen LogP) is 8.65. The van der Waals surface area contributed by atoms with Crippen molar-refractivity contribution in [2.45, 2.75) is 118 Å². The fraction of sp³-hybridized carbons (Fsp3) is 0.522. The molecule has 1 aliphatic heterocycles. The number of ether oxygens (including phenoxy) is 2. The molecule has 3 heterocycles. The molecule has 4 bridgehead atoms. The van der Waals surface area contributed by atoms with Crippen LogP contribution in [0.4, 0.5) is 0 Å². The summed E-state index contributed by atoms with van der Waals surface area (Å²) in [6.45, 7) is 15.5. The monoisotopic (exact) mass is 750 g/mol. The van der Waals surface area contributed by atoms with Gasteiger partial charge in [-0.25, -0.2) is 0 Å². The Kier molecular flexibility index (Phi) is 14.1. The predicted molar refractivity (Wildman–Crippen MR) is 221 cm³/mol. The summed E-state index contributed by atoms with van der Waals surface area (Å²) < 4.78 is 14.2. The van der Waals surface area contributed by atoms with Crippen molar-refractivity contribution in [2.24, 2.45) is 17.3 Å². The molecular formula is C46H62N4O5. The molecule has 296 valence electrons. The van der Waals surface area contributed by atoms with Crippen LogP contribution in [0.3, 0.4) is 0 Å². The summed E-state index contributed by atoms with van der Waals surface area (Å²) in [7, 11) is 3.50. The van der Waals surface area contributed by atoms with Crippen molar-refractivity contribution in [3.63, 3.8) is 0 Å². The number of pyridine rings is 1. The van der Waals surface area contributed by atoms with E-state index in [4.69, 9.17) is 14.5 Å². The molecule has 0 saturated carbocycles. The Hall–Kier alpha value is -4.34. The summed E-state index contributed by atoms with van der Waals surface area (Å²) in [5.41, 5.74) is 7.95. The summed E-state index contributed by atoms with van der Waals surface area (Å²) in [4.78, 5) is 45.3. The highest BCUT2D eigenvalue weighted by Crippen LogP contribution is 2.42. The van der Waals surface area contributed by atoms with Crippen LogP contribution >= 0.6 is 0 Å². The van der Waals surface area contributed by atoms with Gasteiger partial charge in [-0.1, -0.05) is 77.8 Å². The normalized spacial score (nSPS) is 19.8. The molecule has 2 N–H and O–H groups in total. The van der Waals surface area contributed by atoms with E-state index < -0.39 is 17.5 Å². The van der Waals surface area contributed by atoms with E-state index in [0.717, 1.165) is 69.5 Å². The molecule has 0 saturated heterocycles. The molecule has 0 fully saturated rings. The van der Waals surface area contributed by atoms with E-state index in [1.54, 1.807) is 14.2 Å². The van der Waals surface area contributed by atoms with E-state index in [1.165, 1.54) is 0 Å². The molecule has 0 aliphatic carbocycles. The van der Waals surface area contributed by atoms with Crippen LogP contribution < -0.4 is 10.6 Å². The molecule has 55 heavy (non-hydrogen) atoms. The van der Waals surface area contributed by atoms with Gasteiger partial charge in [-0.05, 0) is 99.0 Å². The maximum atomic E-state index is 13.8.